The van der Waals surface area contributed by atoms with Crippen molar-refractivity contribution in [2.24, 2.45) is 5.14 Å². The van der Waals surface area contributed by atoms with E-state index in [0.29, 0.717) is 0 Å². The summed E-state index contributed by atoms with van der Waals surface area (Å²) in [5.41, 5.74) is 0.221. The van der Waals surface area contributed by atoms with Crippen molar-refractivity contribution in [2.75, 3.05) is 14.1 Å². The highest BCUT2D eigenvalue weighted by Gasteiger charge is 2.16. The van der Waals surface area contributed by atoms with Crippen LogP contribution in [0.1, 0.15) is 10.4 Å². The highest BCUT2D eigenvalue weighted by molar-refractivity contribution is 7.89. The Morgan fingerprint density at radius 1 is 1.38 bits per heavy atom. The van der Waals surface area contributed by atoms with Crippen molar-refractivity contribution in [1.82, 2.24) is 4.90 Å². The van der Waals surface area contributed by atoms with Gasteiger partial charge in [-0.25, -0.2) is 13.6 Å². The number of carbonyl (C=O) groups excluding carboxylic acids is 1. The van der Waals surface area contributed by atoms with E-state index in [0.717, 1.165) is 0 Å². The van der Waals surface area contributed by atoms with E-state index < -0.39 is 10.0 Å². The van der Waals surface area contributed by atoms with Crippen LogP contribution in [0.4, 0.5) is 0 Å². The summed E-state index contributed by atoms with van der Waals surface area (Å²) in [6.45, 7) is 0. The first-order valence-corrected chi connectivity index (χ1v) is 6.20. The summed E-state index contributed by atoms with van der Waals surface area (Å²) in [5, 5.41) is 4.96. The lowest BCUT2D eigenvalue weighted by Crippen LogP contribution is -2.22. The van der Waals surface area contributed by atoms with E-state index >= 15 is 0 Å². The molecule has 0 bridgehead atoms. The molecule has 0 spiro atoms. The Kier molecular flexibility index (Phi) is 3.57. The van der Waals surface area contributed by atoms with Crippen LogP contribution in [0, 0.1) is 0 Å². The van der Waals surface area contributed by atoms with Gasteiger partial charge in [0.2, 0.25) is 10.0 Å². The average molecular weight is 263 g/mol. The molecule has 0 fully saturated rings. The van der Waals surface area contributed by atoms with Crippen molar-refractivity contribution < 1.29 is 13.2 Å². The van der Waals surface area contributed by atoms with Gasteiger partial charge in [-0.2, -0.15) is 0 Å². The third-order valence-corrected chi connectivity index (χ3v) is 3.28. The Bertz CT molecular complexity index is 526. The van der Waals surface area contributed by atoms with Gasteiger partial charge in [0.05, 0.1) is 5.02 Å². The number of benzene rings is 1. The van der Waals surface area contributed by atoms with E-state index in [1.807, 2.05) is 0 Å². The number of nitrogens with zero attached hydrogens (tertiary/aromatic N) is 1. The van der Waals surface area contributed by atoms with E-state index in [9.17, 15) is 13.2 Å². The molecule has 0 heterocycles. The van der Waals surface area contributed by atoms with Crippen molar-refractivity contribution in [1.29, 1.82) is 0 Å². The van der Waals surface area contributed by atoms with Gasteiger partial charge in [-0.3, -0.25) is 4.79 Å². The van der Waals surface area contributed by atoms with Crippen LogP contribution in [0.15, 0.2) is 23.1 Å². The summed E-state index contributed by atoms with van der Waals surface area (Å²) in [6, 6.07) is 3.94. The summed E-state index contributed by atoms with van der Waals surface area (Å²) in [7, 11) is -0.792. The van der Waals surface area contributed by atoms with Gasteiger partial charge in [-0.05, 0) is 18.2 Å². The Morgan fingerprint density at radius 2 is 1.94 bits per heavy atom. The average Bonchev–Trinajstić information content (AvgIpc) is 2.15. The largest absolute Gasteiger partial charge is 0.345 e. The molecule has 7 heteroatoms. The molecule has 1 aromatic rings. The van der Waals surface area contributed by atoms with E-state index in [1.54, 1.807) is 14.1 Å². The van der Waals surface area contributed by atoms with Crippen molar-refractivity contribution in [3.63, 3.8) is 0 Å². The zero-order valence-corrected chi connectivity index (χ0v) is 10.3. The number of rotatable bonds is 2. The molecule has 0 radical (unpaired) electrons. The lowest BCUT2D eigenvalue weighted by Gasteiger charge is -2.11. The maximum Gasteiger partial charge on any atom is 0.253 e. The Morgan fingerprint density at radius 3 is 2.38 bits per heavy atom. The zero-order valence-electron chi connectivity index (χ0n) is 8.77. The van der Waals surface area contributed by atoms with Gasteiger partial charge >= 0.3 is 0 Å². The van der Waals surface area contributed by atoms with Crippen LogP contribution in [-0.4, -0.2) is 33.3 Å². The lowest BCUT2D eigenvalue weighted by atomic mass is 10.2. The fraction of sp³-hybridized carbons (Fsp3) is 0.222. The second-order valence-electron chi connectivity index (χ2n) is 3.39. The van der Waals surface area contributed by atoms with Crippen molar-refractivity contribution in [2.45, 2.75) is 4.90 Å². The molecule has 0 atom stereocenters. The normalized spacial score (nSPS) is 11.2. The quantitative estimate of drug-likeness (QED) is 0.851. The fourth-order valence-corrected chi connectivity index (χ4v) is 2.18. The van der Waals surface area contributed by atoms with Crippen LogP contribution in [0.25, 0.3) is 0 Å². The molecular weight excluding hydrogens is 252 g/mol. The molecule has 1 amide bonds. The third kappa shape index (κ3) is 2.72. The van der Waals surface area contributed by atoms with Crippen LogP contribution in [0.3, 0.4) is 0 Å². The van der Waals surface area contributed by atoms with Crippen LogP contribution in [0.5, 0.6) is 0 Å². The molecule has 0 saturated heterocycles. The van der Waals surface area contributed by atoms with Crippen LogP contribution in [0.2, 0.25) is 5.02 Å². The van der Waals surface area contributed by atoms with Crippen molar-refractivity contribution in [3.8, 4) is 0 Å². The minimum absolute atomic E-state index is 0.00203. The highest BCUT2D eigenvalue weighted by Crippen LogP contribution is 2.21. The number of primary sulfonamides is 1. The second-order valence-corrected chi connectivity index (χ2v) is 5.33. The van der Waals surface area contributed by atoms with Crippen molar-refractivity contribution >= 4 is 27.5 Å². The molecule has 0 saturated carbocycles. The van der Waals surface area contributed by atoms with Gasteiger partial charge in [-0.15, -0.1) is 0 Å². The van der Waals surface area contributed by atoms with Crippen molar-refractivity contribution in [3.05, 3.63) is 28.8 Å². The van der Waals surface area contributed by atoms with Gasteiger partial charge in [0, 0.05) is 19.7 Å². The molecule has 88 valence electrons. The standard InChI is InChI=1S/C9H11ClN2O3S/c1-12(2)9(13)6-3-4-7(10)8(5-6)16(11,14)15/h3-5H,1-2H3,(H2,11,14,15). The number of carbonyl (C=O) groups is 1. The molecule has 1 aromatic carbocycles. The summed E-state index contributed by atoms with van der Waals surface area (Å²) >= 11 is 5.68. The minimum Gasteiger partial charge on any atom is -0.345 e. The molecule has 16 heavy (non-hydrogen) atoms. The number of hydrogen-bond acceptors (Lipinski definition) is 3. The zero-order chi connectivity index (χ0) is 12.5. The van der Waals surface area contributed by atoms with Crippen LogP contribution in [-0.2, 0) is 10.0 Å². The van der Waals surface area contributed by atoms with Gasteiger partial charge in [-0.1, -0.05) is 11.6 Å². The molecule has 0 aliphatic heterocycles. The molecule has 0 aromatic heterocycles. The molecule has 2 N–H and O–H groups in total. The SMILES string of the molecule is CN(C)C(=O)c1ccc(Cl)c(S(N)(=O)=O)c1. The number of amides is 1. The molecule has 1 rings (SSSR count). The maximum atomic E-state index is 11.6. The van der Waals surface area contributed by atoms with Gasteiger partial charge in [0.1, 0.15) is 4.90 Å². The van der Waals surface area contributed by atoms with E-state index in [-0.39, 0.29) is 21.4 Å². The van der Waals surface area contributed by atoms with Gasteiger partial charge in [0.25, 0.3) is 5.91 Å². The topological polar surface area (TPSA) is 80.5 Å². The summed E-state index contributed by atoms with van der Waals surface area (Å²) in [5.74, 6) is -0.318. The first-order chi connectivity index (χ1) is 7.23. The van der Waals surface area contributed by atoms with E-state index in [1.165, 1.54) is 23.1 Å². The second kappa shape index (κ2) is 4.40. The smallest absolute Gasteiger partial charge is 0.253 e. The highest BCUT2D eigenvalue weighted by atomic mass is 35.5. The Hall–Kier alpha value is -1.11. The minimum atomic E-state index is -3.92. The molecular formula is C9H11ClN2O3S. The van der Waals surface area contributed by atoms with Gasteiger partial charge in [0.15, 0.2) is 0 Å². The number of halogens is 1. The first-order valence-electron chi connectivity index (χ1n) is 4.27. The molecule has 5 nitrogen and oxygen atoms in total. The Balaban J connectivity index is 3.34. The maximum absolute atomic E-state index is 11.6. The van der Waals surface area contributed by atoms with E-state index in [4.69, 9.17) is 16.7 Å². The fourth-order valence-electron chi connectivity index (χ4n) is 1.11. The summed E-state index contributed by atoms with van der Waals surface area (Å²) < 4.78 is 22.3. The van der Waals surface area contributed by atoms with Crippen LogP contribution < -0.4 is 5.14 Å². The molecule has 0 aliphatic carbocycles. The Labute approximate surface area is 98.9 Å². The third-order valence-electron chi connectivity index (χ3n) is 1.89. The van der Waals surface area contributed by atoms with Crippen LogP contribution >= 0.6 is 11.6 Å². The van der Waals surface area contributed by atoms with E-state index in [2.05, 4.69) is 0 Å². The van der Waals surface area contributed by atoms with Gasteiger partial charge < -0.3 is 4.90 Å². The monoisotopic (exact) mass is 262 g/mol. The summed E-state index contributed by atoms with van der Waals surface area (Å²) in [6.07, 6.45) is 0. The lowest BCUT2D eigenvalue weighted by molar-refractivity contribution is 0.0827. The number of sulfonamides is 1. The first kappa shape index (κ1) is 13.0. The number of nitrogens with two attached hydrogens (primary N) is 1. The predicted molar refractivity (Wildman–Crippen MR) is 60.8 cm³/mol. The predicted octanol–water partition coefficient (Wildman–Crippen LogP) is 0.689. The summed E-state index contributed by atoms with van der Waals surface area (Å²) in [4.78, 5) is 12.7. The number of hydrogen-bond donors (Lipinski definition) is 1. The molecule has 0 unspecified atom stereocenters. The molecule has 0 aliphatic rings.